The Labute approximate surface area is 185 Å². The van der Waals surface area contributed by atoms with Gasteiger partial charge in [0, 0.05) is 6.21 Å². The molecule has 3 aliphatic rings. The number of primary amides is 1. The normalized spacial score (nSPS) is 32.0. The maximum absolute atomic E-state index is 12.7. The lowest BCUT2D eigenvalue weighted by Crippen LogP contribution is -2.46. The Balaban J connectivity index is 1.34. The van der Waals surface area contributed by atoms with Gasteiger partial charge in [-0.2, -0.15) is 13.2 Å². The summed E-state index contributed by atoms with van der Waals surface area (Å²) in [6.45, 7) is 0. The van der Waals surface area contributed by atoms with Gasteiger partial charge in [0.15, 0.2) is 0 Å². The molecule has 2 N–H and O–H groups in total. The van der Waals surface area contributed by atoms with E-state index in [0.717, 1.165) is 42.2 Å². The van der Waals surface area contributed by atoms with Crippen LogP contribution in [0.3, 0.4) is 0 Å². The summed E-state index contributed by atoms with van der Waals surface area (Å²) in [7, 11) is 0. The average molecular weight is 451 g/mol. The molecule has 1 amide bonds. The third-order valence-electron chi connectivity index (χ3n) is 7.25. The van der Waals surface area contributed by atoms with E-state index in [1.807, 2.05) is 12.2 Å². The van der Waals surface area contributed by atoms with Crippen molar-refractivity contribution in [2.75, 3.05) is 5.75 Å². The standard InChI is InChI=1S/C24H29F3N2OS/c25-24(26,27)20-8-5-16(6-9-20)3-1-12-31-22-23(21(28)30,10-2-11-29-22)15-19-14-17-4-7-18(19)13-17/h2,5-6,8-11,17-19,22H,1,3-4,7,12-15H2,(H2,28,30). The molecule has 0 saturated heterocycles. The van der Waals surface area contributed by atoms with Crippen molar-refractivity contribution in [3.05, 3.63) is 47.5 Å². The lowest BCUT2D eigenvalue weighted by atomic mass is 9.72. The summed E-state index contributed by atoms with van der Waals surface area (Å²) in [5, 5.41) is -0.235. The molecule has 4 rings (SSSR count). The van der Waals surface area contributed by atoms with Crippen LogP contribution in [0.25, 0.3) is 0 Å². The number of hydrogen-bond donors (Lipinski definition) is 1. The van der Waals surface area contributed by atoms with E-state index < -0.39 is 17.2 Å². The minimum absolute atomic E-state index is 0.235. The number of benzene rings is 1. The fourth-order valence-corrected chi connectivity index (χ4v) is 6.89. The Morgan fingerprint density at radius 2 is 1.97 bits per heavy atom. The highest BCUT2D eigenvalue weighted by molar-refractivity contribution is 7.99. The van der Waals surface area contributed by atoms with Gasteiger partial charge in [0.25, 0.3) is 0 Å². The first-order chi connectivity index (χ1) is 14.8. The molecule has 0 spiro atoms. The van der Waals surface area contributed by atoms with E-state index >= 15 is 0 Å². The zero-order valence-corrected chi connectivity index (χ0v) is 18.3. The number of alkyl halides is 3. The van der Waals surface area contributed by atoms with Crippen LogP contribution in [0.15, 0.2) is 41.4 Å². The van der Waals surface area contributed by atoms with E-state index in [1.165, 1.54) is 37.8 Å². The number of nitrogens with two attached hydrogens (primary N) is 1. The van der Waals surface area contributed by atoms with Gasteiger partial charge < -0.3 is 5.73 Å². The van der Waals surface area contributed by atoms with Gasteiger partial charge in [-0.05, 0) is 85.8 Å². The molecule has 2 aliphatic carbocycles. The van der Waals surface area contributed by atoms with Crippen molar-refractivity contribution in [1.29, 1.82) is 0 Å². The van der Waals surface area contributed by atoms with Crippen LogP contribution in [0.2, 0.25) is 0 Å². The summed E-state index contributed by atoms with van der Waals surface area (Å²) < 4.78 is 38.1. The van der Waals surface area contributed by atoms with Crippen LogP contribution >= 0.6 is 11.8 Å². The molecular weight excluding hydrogens is 421 g/mol. The largest absolute Gasteiger partial charge is 0.416 e. The second-order valence-electron chi connectivity index (χ2n) is 9.22. The second kappa shape index (κ2) is 9.00. The predicted octanol–water partition coefficient (Wildman–Crippen LogP) is 5.64. The van der Waals surface area contributed by atoms with Crippen molar-refractivity contribution in [3.8, 4) is 0 Å². The minimum Gasteiger partial charge on any atom is -0.369 e. The van der Waals surface area contributed by atoms with Gasteiger partial charge in [-0.15, -0.1) is 11.8 Å². The molecule has 168 valence electrons. The predicted molar refractivity (Wildman–Crippen MR) is 119 cm³/mol. The Morgan fingerprint density at radius 1 is 1.19 bits per heavy atom. The van der Waals surface area contributed by atoms with Gasteiger partial charge in [0.2, 0.25) is 5.91 Å². The molecule has 7 heteroatoms. The van der Waals surface area contributed by atoms with E-state index in [2.05, 4.69) is 4.99 Å². The summed E-state index contributed by atoms with van der Waals surface area (Å²) in [6.07, 6.45) is 8.57. The molecule has 0 radical (unpaired) electrons. The van der Waals surface area contributed by atoms with Gasteiger partial charge >= 0.3 is 6.18 Å². The van der Waals surface area contributed by atoms with Gasteiger partial charge in [0.1, 0.15) is 5.37 Å². The molecular formula is C24H29F3N2OS. The summed E-state index contributed by atoms with van der Waals surface area (Å²) in [4.78, 5) is 17.3. The van der Waals surface area contributed by atoms with Crippen LogP contribution in [0.1, 0.15) is 49.7 Å². The van der Waals surface area contributed by atoms with E-state index in [9.17, 15) is 18.0 Å². The number of carbonyl (C=O) groups excluding carboxylic acids is 1. The van der Waals surface area contributed by atoms with Crippen molar-refractivity contribution >= 4 is 23.9 Å². The number of dihydropyridines is 1. The molecule has 3 nitrogen and oxygen atoms in total. The number of fused-ring (bicyclic) bond motifs is 2. The average Bonchev–Trinajstić information content (AvgIpc) is 3.35. The molecule has 0 aromatic heterocycles. The minimum atomic E-state index is -4.31. The fourth-order valence-electron chi connectivity index (χ4n) is 5.61. The van der Waals surface area contributed by atoms with Gasteiger partial charge in [-0.1, -0.05) is 24.6 Å². The number of carbonyl (C=O) groups is 1. The smallest absolute Gasteiger partial charge is 0.369 e. The van der Waals surface area contributed by atoms with Gasteiger partial charge in [0.05, 0.1) is 11.0 Å². The van der Waals surface area contributed by atoms with E-state index in [1.54, 1.807) is 18.0 Å². The van der Waals surface area contributed by atoms with Crippen molar-refractivity contribution in [2.45, 2.75) is 56.5 Å². The third-order valence-corrected chi connectivity index (χ3v) is 8.63. The molecule has 2 fully saturated rings. The Kier molecular flexibility index (Phi) is 6.52. The van der Waals surface area contributed by atoms with E-state index in [4.69, 9.17) is 5.73 Å². The summed E-state index contributed by atoms with van der Waals surface area (Å²) in [5.74, 6) is 2.53. The fraction of sp³-hybridized carbons (Fsp3) is 0.583. The highest BCUT2D eigenvalue weighted by Gasteiger charge is 2.49. The number of aliphatic imine (C=N–C) groups is 1. The van der Waals surface area contributed by atoms with Crippen LogP contribution < -0.4 is 5.73 Å². The summed E-state index contributed by atoms with van der Waals surface area (Å²) in [6, 6.07) is 5.34. The van der Waals surface area contributed by atoms with Crippen LogP contribution in [0, 0.1) is 23.2 Å². The van der Waals surface area contributed by atoms with Crippen LogP contribution in [-0.4, -0.2) is 23.2 Å². The molecule has 5 unspecified atom stereocenters. The summed E-state index contributed by atoms with van der Waals surface area (Å²) >= 11 is 1.63. The number of thioether (sulfide) groups is 1. The molecule has 1 aliphatic heterocycles. The SMILES string of the molecule is NC(=O)C1(CC2CC3CCC2C3)C=CC=NC1SCCCc1ccc(C(F)(F)F)cc1. The monoisotopic (exact) mass is 450 g/mol. The zero-order valence-electron chi connectivity index (χ0n) is 17.5. The Morgan fingerprint density at radius 3 is 2.58 bits per heavy atom. The molecule has 1 aromatic rings. The maximum atomic E-state index is 12.7. The number of halogens is 3. The van der Waals surface area contributed by atoms with Crippen molar-refractivity contribution < 1.29 is 18.0 Å². The first kappa shape index (κ1) is 22.4. The Bertz CT molecular complexity index is 851. The van der Waals surface area contributed by atoms with Gasteiger partial charge in [-0.3, -0.25) is 9.79 Å². The molecule has 2 saturated carbocycles. The quantitative estimate of drug-likeness (QED) is 0.522. The molecule has 1 heterocycles. The van der Waals surface area contributed by atoms with Crippen molar-refractivity contribution in [3.63, 3.8) is 0 Å². The number of allylic oxidation sites excluding steroid dienone is 1. The number of hydrogen-bond acceptors (Lipinski definition) is 3. The van der Waals surface area contributed by atoms with Crippen LogP contribution in [0.4, 0.5) is 13.2 Å². The number of amides is 1. The van der Waals surface area contributed by atoms with Crippen molar-refractivity contribution in [2.24, 2.45) is 33.9 Å². The highest BCUT2D eigenvalue weighted by Crippen LogP contribution is 2.54. The van der Waals surface area contributed by atoms with Crippen molar-refractivity contribution in [1.82, 2.24) is 0 Å². The number of rotatable bonds is 8. The third kappa shape index (κ3) is 4.86. The first-order valence-corrected chi connectivity index (χ1v) is 12.1. The molecule has 2 bridgehead atoms. The molecule has 1 aromatic carbocycles. The van der Waals surface area contributed by atoms with E-state index in [0.29, 0.717) is 18.3 Å². The highest BCUT2D eigenvalue weighted by atomic mass is 32.2. The maximum Gasteiger partial charge on any atom is 0.416 e. The lowest BCUT2D eigenvalue weighted by molar-refractivity contribution is -0.137. The lowest BCUT2D eigenvalue weighted by Gasteiger charge is -2.38. The molecule has 5 atom stereocenters. The number of aryl methyl sites for hydroxylation is 1. The van der Waals surface area contributed by atoms with Crippen LogP contribution in [-0.2, 0) is 17.4 Å². The summed E-state index contributed by atoms with van der Waals surface area (Å²) in [5.41, 5.74) is 5.45. The Hall–Kier alpha value is -1.76. The topological polar surface area (TPSA) is 55.5 Å². The zero-order chi connectivity index (χ0) is 22.1. The number of nitrogens with zero attached hydrogens (tertiary/aromatic N) is 1. The first-order valence-electron chi connectivity index (χ1n) is 11.1. The molecule has 31 heavy (non-hydrogen) atoms. The second-order valence-corrected chi connectivity index (χ2v) is 10.4. The van der Waals surface area contributed by atoms with Crippen LogP contribution in [0.5, 0.6) is 0 Å². The van der Waals surface area contributed by atoms with E-state index in [-0.39, 0.29) is 11.3 Å². The van der Waals surface area contributed by atoms with Gasteiger partial charge in [-0.25, -0.2) is 0 Å².